The predicted molar refractivity (Wildman–Crippen MR) is 76.6 cm³/mol. The molecule has 0 saturated heterocycles. The predicted octanol–water partition coefficient (Wildman–Crippen LogP) is 4.87. The van der Waals surface area contributed by atoms with Gasteiger partial charge in [-0.05, 0) is 54.0 Å². The Hall–Kier alpha value is -1.61. The van der Waals surface area contributed by atoms with Crippen LogP contribution in [0.2, 0.25) is 0 Å². The summed E-state index contributed by atoms with van der Waals surface area (Å²) in [5, 5.41) is 0. The van der Waals surface area contributed by atoms with Crippen LogP contribution >= 0.6 is 15.9 Å². The topological polar surface area (TPSA) is 26.0 Å². The van der Waals surface area contributed by atoms with Crippen LogP contribution in [0, 0.1) is 13.8 Å². The molecule has 0 N–H and O–H groups in total. The van der Waals surface area contributed by atoms with Crippen LogP contribution in [0.25, 0.3) is 22.6 Å². The van der Waals surface area contributed by atoms with E-state index in [1.807, 2.05) is 18.2 Å². The molecule has 0 aliphatic carbocycles. The molecule has 0 aliphatic heterocycles. The molecule has 0 bridgehead atoms. The molecule has 0 unspecified atom stereocenters. The molecule has 90 valence electrons. The molecule has 0 atom stereocenters. The normalized spacial score (nSPS) is 11.1. The molecule has 0 aliphatic rings. The minimum atomic E-state index is 0.670. The highest BCUT2D eigenvalue weighted by Crippen LogP contribution is 2.29. The summed E-state index contributed by atoms with van der Waals surface area (Å²) in [5.41, 5.74) is 5.12. The van der Waals surface area contributed by atoms with Crippen molar-refractivity contribution in [3.05, 3.63) is 52.0 Å². The summed E-state index contributed by atoms with van der Waals surface area (Å²) in [6.07, 6.45) is 0. The van der Waals surface area contributed by atoms with Crippen molar-refractivity contribution in [3.63, 3.8) is 0 Å². The lowest BCUT2D eigenvalue weighted by molar-refractivity contribution is 0.618. The summed E-state index contributed by atoms with van der Waals surface area (Å²) < 4.78 is 6.77. The van der Waals surface area contributed by atoms with Crippen LogP contribution in [0.4, 0.5) is 0 Å². The monoisotopic (exact) mass is 301 g/mol. The number of hydrogen-bond acceptors (Lipinski definition) is 2. The van der Waals surface area contributed by atoms with Gasteiger partial charge in [0.1, 0.15) is 5.52 Å². The number of hydrogen-bond donors (Lipinski definition) is 0. The number of halogens is 1. The maximum absolute atomic E-state index is 5.84. The number of oxazole rings is 1. The molecular formula is C15H12BrNO. The Kier molecular flexibility index (Phi) is 2.71. The van der Waals surface area contributed by atoms with Gasteiger partial charge in [-0.3, -0.25) is 0 Å². The van der Waals surface area contributed by atoms with E-state index in [4.69, 9.17) is 4.42 Å². The molecule has 2 aromatic carbocycles. The van der Waals surface area contributed by atoms with Crippen molar-refractivity contribution >= 4 is 27.0 Å². The van der Waals surface area contributed by atoms with Crippen molar-refractivity contribution in [2.75, 3.05) is 0 Å². The number of para-hydroxylation sites is 1. The molecule has 3 heteroatoms. The Morgan fingerprint density at radius 3 is 2.44 bits per heavy atom. The van der Waals surface area contributed by atoms with E-state index in [1.165, 1.54) is 11.1 Å². The van der Waals surface area contributed by atoms with Crippen molar-refractivity contribution in [2.45, 2.75) is 13.8 Å². The lowest BCUT2D eigenvalue weighted by Gasteiger charge is -2.00. The third-order valence-electron chi connectivity index (χ3n) is 2.84. The van der Waals surface area contributed by atoms with Gasteiger partial charge in [-0.2, -0.15) is 0 Å². The average molecular weight is 302 g/mol. The zero-order valence-corrected chi connectivity index (χ0v) is 11.8. The van der Waals surface area contributed by atoms with E-state index in [-0.39, 0.29) is 0 Å². The summed E-state index contributed by atoms with van der Waals surface area (Å²) >= 11 is 3.48. The first-order chi connectivity index (χ1) is 8.63. The summed E-state index contributed by atoms with van der Waals surface area (Å²) in [7, 11) is 0. The van der Waals surface area contributed by atoms with Gasteiger partial charge in [0.05, 0.1) is 4.47 Å². The van der Waals surface area contributed by atoms with E-state index >= 15 is 0 Å². The Balaban J connectivity index is 2.22. The Labute approximate surface area is 114 Å². The third kappa shape index (κ3) is 1.95. The van der Waals surface area contributed by atoms with Gasteiger partial charge in [-0.1, -0.05) is 23.3 Å². The molecule has 3 aromatic rings. The van der Waals surface area contributed by atoms with E-state index in [1.54, 1.807) is 0 Å². The van der Waals surface area contributed by atoms with E-state index in [2.05, 4.69) is 53.0 Å². The second-order valence-corrected chi connectivity index (χ2v) is 5.34. The van der Waals surface area contributed by atoms with Gasteiger partial charge in [0.15, 0.2) is 5.58 Å². The van der Waals surface area contributed by atoms with Crippen LogP contribution in [-0.2, 0) is 0 Å². The molecule has 3 rings (SSSR count). The first-order valence-electron chi connectivity index (χ1n) is 5.77. The fourth-order valence-electron chi connectivity index (χ4n) is 2.14. The first-order valence-corrected chi connectivity index (χ1v) is 6.56. The van der Waals surface area contributed by atoms with Gasteiger partial charge in [-0.25, -0.2) is 4.98 Å². The maximum Gasteiger partial charge on any atom is 0.227 e. The van der Waals surface area contributed by atoms with Gasteiger partial charge in [-0.15, -0.1) is 0 Å². The van der Waals surface area contributed by atoms with Crippen LogP contribution in [0.5, 0.6) is 0 Å². The molecule has 0 amide bonds. The third-order valence-corrected chi connectivity index (χ3v) is 3.46. The molecule has 0 fully saturated rings. The molecule has 2 nitrogen and oxygen atoms in total. The molecule has 0 saturated carbocycles. The highest BCUT2D eigenvalue weighted by Gasteiger charge is 2.10. The van der Waals surface area contributed by atoms with Crippen LogP contribution < -0.4 is 0 Å². The fraction of sp³-hybridized carbons (Fsp3) is 0.133. The van der Waals surface area contributed by atoms with Gasteiger partial charge < -0.3 is 4.42 Å². The minimum Gasteiger partial charge on any atom is -0.435 e. The second kappa shape index (κ2) is 4.25. The largest absolute Gasteiger partial charge is 0.435 e. The van der Waals surface area contributed by atoms with Crippen LogP contribution in [0.1, 0.15) is 11.1 Å². The Morgan fingerprint density at radius 1 is 1.06 bits per heavy atom. The van der Waals surface area contributed by atoms with Gasteiger partial charge in [0, 0.05) is 5.56 Å². The van der Waals surface area contributed by atoms with Gasteiger partial charge in [0.25, 0.3) is 0 Å². The van der Waals surface area contributed by atoms with Crippen molar-refractivity contribution in [2.24, 2.45) is 0 Å². The molecule has 1 aromatic heterocycles. The number of aromatic nitrogens is 1. The standard InChI is InChI=1S/C15H12BrNO/c1-9-6-10(2)8-11(7-9)15-17-13-5-3-4-12(16)14(13)18-15/h3-8H,1-2H3. The molecule has 0 spiro atoms. The average Bonchev–Trinajstić information content (AvgIpc) is 2.73. The summed E-state index contributed by atoms with van der Waals surface area (Å²) in [6, 6.07) is 12.2. The molecule has 18 heavy (non-hydrogen) atoms. The Morgan fingerprint density at radius 2 is 1.78 bits per heavy atom. The van der Waals surface area contributed by atoms with Crippen LogP contribution in [0.3, 0.4) is 0 Å². The number of benzene rings is 2. The molecule has 1 heterocycles. The number of nitrogens with zero attached hydrogens (tertiary/aromatic N) is 1. The fourth-order valence-corrected chi connectivity index (χ4v) is 2.57. The van der Waals surface area contributed by atoms with Crippen LogP contribution in [0.15, 0.2) is 45.3 Å². The van der Waals surface area contributed by atoms with E-state index in [9.17, 15) is 0 Å². The van der Waals surface area contributed by atoms with E-state index in [0.29, 0.717) is 5.89 Å². The summed E-state index contributed by atoms with van der Waals surface area (Å²) in [5.74, 6) is 0.670. The van der Waals surface area contributed by atoms with E-state index in [0.717, 1.165) is 21.1 Å². The first kappa shape index (κ1) is 11.5. The lowest BCUT2D eigenvalue weighted by atomic mass is 10.1. The maximum atomic E-state index is 5.84. The highest BCUT2D eigenvalue weighted by molar-refractivity contribution is 9.10. The minimum absolute atomic E-state index is 0.670. The summed E-state index contributed by atoms with van der Waals surface area (Å²) in [4.78, 5) is 4.53. The highest BCUT2D eigenvalue weighted by atomic mass is 79.9. The van der Waals surface area contributed by atoms with Crippen molar-refractivity contribution in [3.8, 4) is 11.5 Å². The van der Waals surface area contributed by atoms with Gasteiger partial charge in [0.2, 0.25) is 5.89 Å². The van der Waals surface area contributed by atoms with Crippen molar-refractivity contribution < 1.29 is 4.42 Å². The molecule has 0 radical (unpaired) electrons. The van der Waals surface area contributed by atoms with E-state index < -0.39 is 0 Å². The number of fused-ring (bicyclic) bond motifs is 1. The number of rotatable bonds is 1. The zero-order chi connectivity index (χ0) is 12.7. The van der Waals surface area contributed by atoms with Crippen molar-refractivity contribution in [1.29, 1.82) is 0 Å². The van der Waals surface area contributed by atoms with Crippen LogP contribution in [-0.4, -0.2) is 4.98 Å². The second-order valence-electron chi connectivity index (χ2n) is 4.48. The number of aryl methyl sites for hydroxylation is 2. The van der Waals surface area contributed by atoms with Crippen molar-refractivity contribution in [1.82, 2.24) is 4.98 Å². The SMILES string of the molecule is Cc1cc(C)cc(-c2nc3cccc(Br)c3o2)c1. The molecular weight excluding hydrogens is 290 g/mol. The van der Waals surface area contributed by atoms with Gasteiger partial charge >= 0.3 is 0 Å². The smallest absolute Gasteiger partial charge is 0.227 e. The quantitative estimate of drug-likeness (QED) is 0.640. The lowest BCUT2D eigenvalue weighted by Crippen LogP contribution is -1.82. The summed E-state index contributed by atoms with van der Waals surface area (Å²) in [6.45, 7) is 4.16. The Bertz CT molecular complexity index is 710. The zero-order valence-electron chi connectivity index (χ0n) is 10.2.